The molecular formula is C19H29N. The maximum atomic E-state index is 2.83. The number of piperidine rings is 1. The van der Waals surface area contributed by atoms with Gasteiger partial charge in [-0.1, -0.05) is 50.1 Å². The summed E-state index contributed by atoms with van der Waals surface area (Å²) in [4.78, 5) is 2.83. The molecule has 2 fully saturated rings. The highest BCUT2D eigenvalue weighted by Gasteiger charge is 2.45. The third-order valence-corrected chi connectivity index (χ3v) is 5.71. The van der Waals surface area contributed by atoms with Gasteiger partial charge in [-0.05, 0) is 50.5 Å². The van der Waals surface area contributed by atoms with Gasteiger partial charge in [0.15, 0.2) is 0 Å². The zero-order valence-corrected chi connectivity index (χ0v) is 13.3. The van der Waals surface area contributed by atoms with Crippen molar-refractivity contribution in [2.45, 2.75) is 71.0 Å². The van der Waals surface area contributed by atoms with Gasteiger partial charge in [0.2, 0.25) is 0 Å². The maximum absolute atomic E-state index is 2.83. The van der Waals surface area contributed by atoms with Gasteiger partial charge >= 0.3 is 0 Å². The number of likely N-dealkylation sites (tertiary alicyclic amines) is 1. The van der Waals surface area contributed by atoms with Crippen LogP contribution >= 0.6 is 0 Å². The van der Waals surface area contributed by atoms with E-state index in [9.17, 15) is 0 Å². The van der Waals surface area contributed by atoms with Crippen molar-refractivity contribution < 1.29 is 0 Å². The van der Waals surface area contributed by atoms with E-state index < -0.39 is 0 Å². The second-order valence-corrected chi connectivity index (χ2v) is 7.62. The summed E-state index contributed by atoms with van der Waals surface area (Å²) < 4.78 is 0. The predicted molar refractivity (Wildman–Crippen MR) is 85.6 cm³/mol. The normalized spacial score (nSPS) is 33.6. The molecule has 1 saturated heterocycles. The summed E-state index contributed by atoms with van der Waals surface area (Å²) in [5.74, 6) is 1.82. The Kier molecular flexibility index (Phi) is 3.90. The predicted octanol–water partition coefficient (Wildman–Crippen LogP) is 4.87. The first-order valence-corrected chi connectivity index (χ1v) is 8.38. The SMILES string of the molecule is CC1CC(C)(C)N(Cc2ccccc2)C2CCCCC12. The second kappa shape index (κ2) is 5.52. The Balaban J connectivity index is 1.85. The van der Waals surface area contributed by atoms with Gasteiger partial charge in [-0.2, -0.15) is 0 Å². The summed E-state index contributed by atoms with van der Waals surface area (Å²) in [6, 6.07) is 11.8. The van der Waals surface area contributed by atoms with Gasteiger partial charge in [-0.15, -0.1) is 0 Å². The lowest BCUT2D eigenvalue weighted by molar-refractivity contribution is -0.0641. The molecule has 0 N–H and O–H groups in total. The third-order valence-electron chi connectivity index (χ3n) is 5.71. The minimum absolute atomic E-state index is 0.341. The number of fused-ring (bicyclic) bond motifs is 1. The summed E-state index contributed by atoms with van der Waals surface area (Å²) in [5.41, 5.74) is 1.81. The summed E-state index contributed by atoms with van der Waals surface area (Å²) in [6.07, 6.45) is 7.08. The van der Waals surface area contributed by atoms with Crippen molar-refractivity contribution in [3.05, 3.63) is 35.9 Å². The molecule has 0 amide bonds. The highest BCUT2D eigenvalue weighted by atomic mass is 15.2. The van der Waals surface area contributed by atoms with E-state index in [1.54, 1.807) is 0 Å². The van der Waals surface area contributed by atoms with E-state index in [1.165, 1.54) is 37.7 Å². The van der Waals surface area contributed by atoms with Crippen LogP contribution in [0.15, 0.2) is 30.3 Å². The van der Waals surface area contributed by atoms with Gasteiger partial charge in [0.1, 0.15) is 0 Å². The highest BCUT2D eigenvalue weighted by molar-refractivity contribution is 5.16. The molecule has 110 valence electrons. The molecule has 0 aromatic heterocycles. The molecule has 0 bridgehead atoms. The van der Waals surface area contributed by atoms with Crippen molar-refractivity contribution >= 4 is 0 Å². The van der Waals surface area contributed by atoms with Crippen molar-refractivity contribution in [1.29, 1.82) is 0 Å². The molecule has 1 heteroatoms. The molecule has 1 saturated carbocycles. The molecule has 0 radical (unpaired) electrons. The Bertz CT molecular complexity index is 436. The zero-order chi connectivity index (χ0) is 14.2. The summed E-state index contributed by atoms with van der Waals surface area (Å²) in [7, 11) is 0. The van der Waals surface area contributed by atoms with Crippen LogP contribution in [0, 0.1) is 11.8 Å². The Morgan fingerprint density at radius 1 is 1.10 bits per heavy atom. The van der Waals surface area contributed by atoms with Crippen molar-refractivity contribution in [3.63, 3.8) is 0 Å². The lowest BCUT2D eigenvalue weighted by Gasteiger charge is -2.56. The van der Waals surface area contributed by atoms with E-state index in [-0.39, 0.29) is 0 Å². The Labute approximate surface area is 124 Å². The first-order chi connectivity index (χ1) is 9.58. The van der Waals surface area contributed by atoms with Gasteiger partial charge in [0.05, 0.1) is 0 Å². The molecule has 3 atom stereocenters. The second-order valence-electron chi connectivity index (χ2n) is 7.62. The zero-order valence-electron chi connectivity index (χ0n) is 13.3. The molecule has 2 aliphatic rings. The van der Waals surface area contributed by atoms with Crippen LogP contribution in [-0.4, -0.2) is 16.5 Å². The van der Waals surface area contributed by atoms with Crippen LogP contribution in [0.4, 0.5) is 0 Å². The lowest BCUT2D eigenvalue weighted by Crippen LogP contribution is -2.59. The summed E-state index contributed by atoms with van der Waals surface area (Å²) >= 11 is 0. The van der Waals surface area contributed by atoms with E-state index in [2.05, 4.69) is 56.0 Å². The van der Waals surface area contributed by atoms with E-state index in [4.69, 9.17) is 0 Å². The molecule has 3 rings (SSSR count). The van der Waals surface area contributed by atoms with E-state index in [0.29, 0.717) is 5.54 Å². The minimum Gasteiger partial charge on any atom is -0.291 e. The average molecular weight is 271 g/mol. The van der Waals surface area contributed by atoms with Crippen molar-refractivity contribution in [1.82, 2.24) is 4.90 Å². The number of benzene rings is 1. The number of nitrogens with zero attached hydrogens (tertiary/aromatic N) is 1. The van der Waals surface area contributed by atoms with E-state index in [0.717, 1.165) is 24.4 Å². The molecular weight excluding hydrogens is 242 g/mol. The smallest absolute Gasteiger partial charge is 0.0242 e. The molecule has 1 aromatic rings. The maximum Gasteiger partial charge on any atom is 0.0242 e. The molecule has 3 unspecified atom stereocenters. The minimum atomic E-state index is 0.341. The van der Waals surface area contributed by atoms with Gasteiger partial charge in [-0.3, -0.25) is 4.90 Å². The van der Waals surface area contributed by atoms with Crippen LogP contribution < -0.4 is 0 Å². The molecule has 1 nitrogen and oxygen atoms in total. The van der Waals surface area contributed by atoms with Crippen LogP contribution in [0.1, 0.15) is 58.4 Å². The van der Waals surface area contributed by atoms with Gasteiger partial charge in [0.25, 0.3) is 0 Å². The molecule has 1 aliphatic carbocycles. The summed E-state index contributed by atoms with van der Waals surface area (Å²) in [5, 5.41) is 0. The Morgan fingerprint density at radius 3 is 2.55 bits per heavy atom. The van der Waals surface area contributed by atoms with Crippen LogP contribution in [0.2, 0.25) is 0 Å². The van der Waals surface area contributed by atoms with Crippen LogP contribution in [0.25, 0.3) is 0 Å². The highest BCUT2D eigenvalue weighted by Crippen LogP contribution is 2.45. The third kappa shape index (κ3) is 2.65. The van der Waals surface area contributed by atoms with Crippen molar-refractivity contribution in [2.75, 3.05) is 0 Å². The van der Waals surface area contributed by atoms with Crippen LogP contribution in [-0.2, 0) is 6.54 Å². The number of rotatable bonds is 2. The van der Waals surface area contributed by atoms with E-state index in [1.807, 2.05) is 0 Å². The van der Waals surface area contributed by atoms with Gasteiger partial charge in [0, 0.05) is 18.1 Å². The Hall–Kier alpha value is -0.820. The molecule has 0 spiro atoms. The monoisotopic (exact) mass is 271 g/mol. The number of hydrogen-bond acceptors (Lipinski definition) is 1. The fourth-order valence-corrected chi connectivity index (χ4v) is 4.81. The largest absolute Gasteiger partial charge is 0.291 e. The topological polar surface area (TPSA) is 3.24 Å². The van der Waals surface area contributed by atoms with Crippen molar-refractivity contribution in [3.8, 4) is 0 Å². The van der Waals surface area contributed by atoms with Gasteiger partial charge in [-0.25, -0.2) is 0 Å². The van der Waals surface area contributed by atoms with Gasteiger partial charge < -0.3 is 0 Å². The Morgan fingerprint density at radius 2 is 1.80 bits per heavy atom. The molecule has 20 heavy (non-hydrogen) atoms. The fourth-order valence-electron chi connectivity index (χ4n) is 4.81. The standard InChI is InChI=1S/C19H29N/c1-15-13-19(2,3)20(14-16-9-5-4-6-10-16)18-12-8-7-11-17(15)18/h4-6,9-10,15,17-18H,7-8,11-14H2,1-3H3. The molecule has 1 aliphatic heterocycles. The first kappa shape index (κ1) is 14.1. The summed E-state index contributed by atoms with van der Waals surface area (Å²) in [6.45, 7) is 8.53. The quantitative estimate of drug-likeness (QED) is 0.742. The average Bonchev–Trinajstić information content (AvgIpc) is 2.44. The van der Waals surface area contributed by atoms with E-state index >= 15 is 0 Å². The molecule has 1 aromatic carbocycles. The van der Waals surface area contributed by atoms with Crippen LogP contribution in [0.5, 0.6) is 0 Å². The lowest BCUT2D eigenvalue weighted by atomic mass is 9.67. The molecule has 1 heterocycles. The fraction of sp³-hybridized carbons (Fsp3) is 0.684. The first-order valence-electron chi connectivity index (χ1n) is 8.38. The van der Waals surface area contributed by atoms with Crippen LogP contribution in [0.3, 0.4) is 0 Å². The number of hydrogen-bond donors (Lipinski definition) is 0. The van der Waals surface area contributed by atoms with Crippen molar-refractivity contribution in [2.24, 2.45) is 11.8 Å².